The number of carbonyl (C=O) groups excluding carboxylic acids is 2. The third-order valence-corrected chi connectivity index (χ3v) is 4.38. The SMILES string of the molecule is C[C@H](Oc1cccc(C(=O)NCc2ccccc2)c1)C(=O)NCc1ccccc1. The number of rotatable bonds is 8. The molecule has 0 saturated heterocycles. The predicted molar refractivity (Wildman–Crippen MR) is 112 cm³/mol. The highest BCUT2D eigenvalue weighted by atomic mass is 16.5. The molecule has 1 atom stereocenters. The van der Waals surface area contributed by atoms with Crippen LogP contribution in [0.4, 0.5) is 0 Å². The molecular formula is C24H24N2O3. The number of nitrogens with one attached hydrogen (secondary N) is 2. The lowest BCUT2D eigenvalue weighted by atomic mass is 10.2. The van der Waals surface area contributed by atoms with Gasteiger partial charge in [0.15, 0.2) is 6.10 Å². The van der Waals surface area contributed by atoms with Gasteiger partial charge in [-0.3, -0.25) is 9.59 Å². The summed E-state index contributed by atoms with van der Waals surface area (Å²) >= 11 is 0. The molecule has 2 amide bonds. The number of benzene rings is 3. The van der Waals surface area contributed by atoms with Crippen LogP contribution in [0, 0.1) is 0 Å². The van der Waals surface area contributed by atoms with Gasteiger partial charge in [0.1, 0.15) is 5.75 Å². The Kier molecular flexibility index (Phi) is 7.00. The molecule has 2 N–H and O–H groups in total. The zero-order chi connectivity index (χ0) is 20.5. The van der Waals surface area contributed by atoms with E-state index in [0.717, 1.165) is 11.1 Å². The summed E-state index contributed by atoms with van der Waals surface area (Å²) in [6.07, 6.45) is -0.679. The average Bonchev–Trinajstić information content (AvgIpc) is 2.77. The molecular weight excluding hydrogens is 364 g/mol. The number of amides is 2. The second kappa shape index (κ2) is 10.1. The lowest BCUT2D eigenvalue weighted by Gasteiger charge is -2.15. The van der Waals surface area contributed by atoms with Crippen LogP contribution < -0.4 is 15.4 Å². The quantitative estimate of drug-likeness (QED) is 0.618. The van der Waals surface area contributed by atoms with E-state index in [0.29, 0.717) is 24.4 Å². The van der Waals surface area contributed by atoms with Crippen LogP contribution >= 0.6 is 0 Å². The van der Waals surface area contributed by atoms with Gasteiger partial charge in [0.2, 0.25) is 0 Å². The van der Waals surface area contributed by atoms with E-state index >= 15 is 0 Å². The van der Waals surface area contributed by atoms with Crippen molar-refractivity contribution in [2.75, 3.05) is 0 Å². The van der Waals surface area contributed by atoms with Crippen molar-refractivity contribution < 1.29 is 14.3 Å². The van der Waals surface area contributed by atoms with Gasteiger partial charge < -0.3 is 15.4 Å². The fraction of sp³-hybridized carbons (Fsp3) is 0.167. The van der Waals surface area contributed by atoms with E-state index in [9.17, 15) is 9.59 Å². The molecule has 5 nitrogen and oxygen atoms in total. The molecule has 0 aromatic heterocycles. The van der Waals surface area contributed by atoms with Crippen LogP contribution in [-0.2, 0) is 17.9 Å². The van der Waals surface area contributed by atoms with Crippen molar-refractivity contribution in [1.82, 2.24) is 10.6 Å². The van der Waals surface area contributed by atoms with Crippen LogP contribution in [0.15, 0.2) is 84.9 Å². The maximum absolute atomic E-state index is 12.4. The second-order valence-electron chi connectivity index (χ2n) is 6.66. The first kappa shape index (κ1) is 20.1. The molecule has 0 bridgehead atoms. The zero-order valence-electron chi connectivity index (χ0n) is 16.3. The Labute approximate surface area is 170 Å². The van der Waals surface area contributed by atoms with Crippen LogP contribution in [0.5, 0.6) is 5.75 Å². The zero-order valence-corrected chi connectivity index (χ0v) is 16.3. The standard InChI is InChI=1S/C24H24N2O3/c1-18(23(27)25-16-19-9-4-2-5-10-19)29-22-14-8-13-21(15-22)24(28)26-17-20-11-6-3-7-12-20/h2-15,18H,16-17H2,1H3,(H,25,27)(H,26,28)/t18-/m0/s1. The van der Waals surface area contributed by atoms with E-state index in [1.54, 1.807) is 31.2 Å². The average molecular weight is 388 g/mol. The molecule has 29 heavy (non-hydrogen) atoms. The first-order chi connectivity index (χ1) is 14.1. The fourth-order valence-corrected chi connectivity index (χ4v) is 2.78. The molecule has 3 aromatic rings. The van der Waals surface area contributed by atoms with Gasteiger partial charge in [0.25, 0.3) is 11.8 Å². The van der Waals surface area contributed by atoms with Gasteiger partial charge in [-0.05, 0) is 36.2 Å². The number of hydrogen-bond acceptors (Lipinski definition) is 3. The van der Waals surface area contributed by atoms with Gasteiger partial charge in [-0.25, -0.2) is 0 Å². The summed E-state index contributed by atoms with van der Waals surface area (Å²) in [5.74, 6) is 0.0630. The Hall–Kier alpha value is -3.60. The highest BCUT2D eigenvalue weighted by molar-refractivity contribution is 5.94. The molecule has 0 spiro atoms. The molecule has 3 aromatic carbocycles. The Morgan fingerprint density at radius 3 is 2.00 bits per heavy atom. The van der Waals surface area contributed by atoms with Crippen molar-refractivity contribution in [1.29, 1.82) is 0 Å². The van der Waals surface area contributed by atoms with E-state index in [4.69, 9.17) is 4.74 Å². The van der Waals surface area contributed by atoms with Gasteiger partial charge in [-0.1, -0.05) is 66.7 Å². The molecule has 0 fully saturated rings. The van der Waals surface area contributed by atoms with Crippen molar-refractivity contribution in [2.45, 2.75) is 26.1 Å². The van der Waals surface area contributed by atoms with Crippen LogP contribution in [0.1, 0.15) is 28.4 Å². The van der Waals surface area contributed by atoms with E-state index < -0.39 is 6.10 Å². The Balaban J connectivity index is 1.53. The first-order valence-electron chi connectivity index (χ1n) is 9.52. The van der Waals surface area contributed by atoms with Gasteiger partial charge in [0.05, 0.1) is 0 Å². The smallest absolute Gasteiger partial charge is 0.261 e. The lowest BCUT2D eigenvalue weighted by molar-refractivity contribution is -0.127. The van der Waals surface area contributed by atoms with Crippen molar-refractivity contribution >= 4 is 11.8 Å². The molecule has 0 aliphatic rings. The van der Waals surface area contributed by atoms with Gasteiger partial charge >= 0.3 is 0 Å². The van der Waals surface area contributed by atoms with Crippen molar-refractivity contribution in [3.05, 3.63) is 102 Å². The molecule has 0 unspecified atom stereocenters. The van der Waals surface area contributed by atoms with Crippen molar-refractivity contribution in [3.63, 3.8) is 0 Å². The van der Waals surface area contributed by atoms with Gasteiger partial charge in [-0.15, -0.1) is 0 Å². The van der Waals surface area contributed by atoms with E-state index in [2.05, 4.69) is 10.6 Å². The summed E-state index contributed by atoms with van der Waals surface area (Å²) in [5.41, 5.74) is 2.53. The molecule has 0 radical (unpaired) electrons. The molecule has 0 aliphatic carbocycles. The summed E-state index contributed by atoms with van der Waals surface area (Å²) in [4.78, 5) is 24.7. The van der Waals surface area contributed by atoms with Crippen LogP contribution in [0.25, 0.3) is 0 Å². The lowest BCUT2D eigenvalue weighted by Crippen LogP contribution is -2.35. The Morgan fingerprint density at radius 2 is 1.38 bits per heavy atom. The Bertz CT molecular complexity index is 943. The van der Waals surface area contributed by atoms with Gasteiger partial charge in [0, 0.05) is 18.7 Å². The molecule has 3 rings (SSSR count). The van der Waals surface area contributed by atoms with Crippen LogP contribution in [-0.4, -0.2) is 17.9 Å². The highest BCUT2D eigenvalue weighted by Gasteiger charge is 2.15. The normalized spacial score (nSPS) is 11.3. The molecule has 5 heteroatoms. The van der Waals surface area contributed by atoms with Crippen LogP contribution in [0.2, 0.25) is 0 Å². The van der Waals surface area contributed by atoms with E-state index in [1.165, 1.54) is 0 Å². The van der Waals surface area contributed by atoms with Gasteiger partial charge in [-0.2, -0.15) is 0 Å². The van der Waals surface area contributed by atoms with Crippen molar-refractivity contribution in [3.8, 4) is 5.75 Å². The highest BCUT2D eigenvalue weighted by Crippen LogP contribution is 2.15. The third-order valence-electron chi connectivity index (χ3n) is 4.38. The minimum absolute atomic E-state index is 0.194. The minimum Gasteiger partial charge on any atom is -0.481 e. The monoisotopic (exact) mass is 388 g/mol. The van der Waals surface area contributed by atoms with Crippen LogP contribution in [0.3, 0.4) is 0 Å². The topological polar surface area (TPSA) is 67.4 Å². The maximum Gasteiger partial charge on any atom is 0.261 e. The molecule has 0 heterocycles. The summed E-state index contributed by atoms with van der Waals surface area (Å²) in [7, 11) is 0. The fourth-order valence-electron chi connectivity index (χ4n) is 2.78. The number of hydrogen-bond donors (Lipinski definition) is 2. The summed E-state index contributed by atoms with van der Waals surface area (Å²) in [6.45, 7) is 2.57. The maximum atomic E-state index is 12.4. The first-order valence-corrected chi connectivity index (χ1v) is 9.52. The van der Waals surface area contributed by atoms with E-state index in [1.807, 2.05) is 60.7 Å². The molecule has 148 valence electrons. The number of ether oxygens (including phenoxy) is 1. The Morgan fingerprint density at radius 1 is 0.793 bits per heavy atom. The van der Waals surface area contributed by atoms with Crippen molar-refractivity contribution in [2.24, 2.45) is 0 Å². The minimum atomic E-state index is -0.679. The largest absolute Gasteiger partial charge is 0.481 e. The second-order valence-corrected chi connectivity index (χ2v) is 6.66. The summed E-state index contributed by atoms with van der Waals surface area (Å²) in [6, 6.07) is 26.2. The molecule has 0 aliphatic heterocycles. The van der Waals surface area contributed by atoms with E-state index in [-0.39, 0.29) is 11.8 Å². The summed E-state index contributed by atoms with van der Waals surface area (Å²) in [5, 5.41) is 5.73. The predicted octanol–water partition coefficient (Wildman–Crippen LogP) is 3.70. The summed E-state index contributed by atoms with van der Waals surface area (Å²) < 4.78 is 5.73. The third kappa shape index (κ3) is 6.21. The molecule has 0 saturated carbocycles. The number of carbonyl (C=O) groups is 2.